The van der Waals surface area contributed by atoms with Gasteiger partial charge in [-0.2, -0.15) is 5.10 Å². The fraction of sp³-hybridized carbons (Fsp3) is 0.214. The number of benzene rings is 1. The summed E-state index contributed by atoms with van der Waals surface area (Å²) in [5.41, 5.74) is 1.31. The van der Waals surface area contributed by atoms with Crippen molar-refractivity contribution in [2.45, 2.75) is 19.9 Å². The van der Waals surface area contributed by atoms with Crippen LogP contribution in [-0.2, 0) is 11.3 Å². The lowest BCUT2D eigenvalue weighted by atomic mass is 10.1. The molecule has 20 heavy (non-hydrogen) atoms. The number of ketones is 1. The molecule has 6 heteroatoms. The molecule has 0 spiro atoms. The number of nitrogens with one attached hydrogen (secondary N) is 1. The molecule has 104 valence electrons. The van der Waals surface area contributed by atoms with Gasteiger partial charge in [0.05, 0.1) is 10.7 Å². The van der Waals surface area contributed by atoms with Crippen molar-refractivity contribution in [2.24, 2.45) is 0 Å². The van der Waals surface area contributed by atoms with Gasteiger partial charge in [-0.25, -0.2) is 0 Å². The van der Waals surface area contributed by atoms with E-state index in [9.17, 15) is 9.59 Å². The molecule has 2 aromatic rings. The van der Waals surface area contributed by atoms with Gasteiger partial charge in [0.2, 0.25) is 5.91 Å². The first-order valence-electron chi connectivity index (χ1n) is 6.13. The van der Waals surface area contributed by atoms with Crippen molar-refractivity contribution in [3.05, 3.63) is 46.7 Å². The minimum Gasteiger partial charge on any atom is -0.326 e. The van der Waals surface area contributed by atoms with Gasteiger partial charge in [0.25, 0.3) is 0 Å². The van der Waals surface area contributed by atoms with Gasteiger partial charge in [0.1, 0.15) is 0 Å². The van der Waals surface area contributed by atoms with Gasteiger partial charge >= 0.3 is 0 Å². The Kier molecular flexibility index (Phi) is 4.68. The third-order valence-corrected chi connectivity index (χ3v) is 3.15. The number of Topliss-reactive ketones (excluding diaryl/α,β-unsaturated/α-hetero) is 1. The van der Waals surface area contributed by atoms with Crippen LogP contribution in [0.2, 0.25) is 0 Å². The first-order valence-corrected chi connectivity index (χ1v) is 6.93. The normalized spacial score (nSPS) is 10.3. The molecule has 1 heterocycles. The number of nitrogens with zero attached hydrogens (tertiary/aromatic N) is 2. The number of halogens is 1. The van der Waals surface area contributed by atoms with Crippen LogP contribution in [0.4, 0.5) is 5.69 Å². The fourth-order valence-electron chi connectivity index (χ4n) is 1.69. The molecule has 5 nitrogen and oxygen atoms in total. The van der Waals surface area contributed by atoms with Crippen molar-refractivity contribution >= 4 is 33.3 Å². The van der Waals surface area contributed by atoms with Crippen LogP contribution in [0, 0.1) is 0 Å². The molecule has 1 amide bonds. The lowest BCUT2D eigenvalue weighted by molar-refractivity contribution is -0.116. The van der Waals surface area contributed by atoms with Gasteiger partial charge in [-0.05, 0) is 47.1 Å². The maximum absolute atomic E-state index is 11.8. The molecule has 2 rings (SSSR count). The third-order valence-electron chi connectivity index (χ3n) is 2.74. The molecule has 0 bridgehead atoms. The van der Waals surface area contributed by atoms with Crippen molar-refractivity contribution < 1.29 is 9.59 Å². The molecule has 0 aliphatic heterocycles. The first kappa shape index (κ1) is 14.5. The summed E-state index contributed by atoms with van der Waals surface area (Å²) in [6, 6.07) is 6.84. The minimum atomic E-state index is -0.0906. The lowest BCUT2D eigenvalue weighted by Gasteiger charge is -2.06. The predicted octanol–water partition coefficient (Wildman–Crippen LogP) is 2.88. The molecule has 1 aromatic carbocycles. The van der Waals surface area contributed by atoms with Gasteiger partial charge in [-0.1, -0.05) is 0 Å². The van der Waals surface area contributed by atoms with E-state index in [0.717, 1.165) is 4.47 Å². The maximum atomic E-state index is 11.8. The summed E-state index contributed by atoms with van der Waals surface area (Å²) in [5, 5.41) is 6.86. The largest absolute Gasteiger partial charge is 0.326 e. The van der Waals surface area contributed by atoms with Crippen LogP contribution in [0.5, 0.6) is 0 Å². The molecule has 1 aromatic heterocycles. The number of aromatic nitrogens is 2. The van der Waals surface area contributed by atoms with Gasteiger partial charge in [-0.3, -0.25) is 14.3 Å². The molecule has 0 unspecified atom stereocenters. The molecule has 0 atom stereocenters. The Labute approximate surface area is 125 Å². The van der Waals surface area contributed by atoms with Gasteiger partial charge in [0, 0.05) is 30.4 Å². The van der Waals surface area contributed by atoms with Crippen LogP contribution >= 0.6 is 15.9 Å². The summed E-state index contributed by atoms with van der Waals surface area (Å²) in [6.07, 6.45) is 3.83. The van der Waals surface area contributed by atoms with Crippen molar-refractivity contribution in [3.63, 3.8) is 0 Å². The van der Waals surface area contributed by atoms with E-state index in [1.54, 1.807) is 35.1 Å². The second kappa shape index (κ2) is 6.47. The summed E-state index contributed by atoms with van der Waals surface area (Å²) in [4.78, 5) is 22.9. The molecular weight excluding hydrogens is 322 g/mol. The van der Waals surface area contributed by atoms with E-state index in [1.807, 2.05) is 6.20 Å². The van der Waals surface area contributed by atoms with Crippen LogP contribution < -0.4 is 5.32 Å². The fourth-order valence-corrected chi connectivity index (χ4v) is 2.02. The number of carbonyl (C=O) groups is 2. The third kappa shape index (κ3) is 4.03. The van der Waals surface area contributed by atoms with Crippen molar-refractivity contribution in [1.82, 2.24) is 9.78 Å². The molecular formula is C14H14BrN3O2. The van der Waals surface area contributed by atoms with E-state index in [4.69, 9.17) is 0 Å². The summed E-state index contributed by atoms with van der Waals surface area (Å²) in [7, 11) is 0. The summed E-state index contributed by atoms with van der Waals surface area (Å²) < 4.78 is 2.58. The number of hydrogen-bond acceptors (Lipinski definition) is 3. The zero-order valence-corrected chi connectivity index (χ0v) is 12.6. The standard InChI is InChI=1S/C14H14BrN3O2/c1-10(19)11-2-4-13(5-3-11)17-14(20)6-7-18-9-12(15)8-16-18/h2-5,8-9H,6-7H2,1H3,(H,17,20). The molecule has 0 aliphatic carbocycles. The maximum Gasteiger partial charge on any atom is 0.226 e. The molecule has 0 saturated heterocycles. The van der Waals surface area contributed by atoms with Gasteiger partial charge in [-0.15, -0.1) is 0 Å². The smallest absolute Gasteiger partial charge is 0.226 e. The van der Waals surface area contributed by atoms with Gasteiger partial charge in [0.15, 0.2) is 5.78 Å². The van der Waals surface area contributed by atoms with E-state index < -0.39 is 0 Å². The molecule has 0 saturated carbocycles. The monoisotopic (exact) mass is 335 g/mol. The summed E-state index contributed by atoms with van der Waals surface area (Å²) >= 11 is 3.30. The van der Waals surface area contributed by atoms with Crippen LogP contribution in [0.15, 0.2) is 41.1 Å². The van der Waals surface area contributed by atoms with Gasteiger partial charge < -0.3 is 5.32 Å². The highest BCUT2D eigenvalue weighted by molar-refractivity contribution is 9.10. The Morgan fingerprint density at radius 3 is 2.55 bits per heavy atom. The topological polar surface area (TPSA) is 64.0 Å². The molecule has 0 fully saturated rings. The Morgan fingerprint density at radius 1 is 1.30 bits per heavy atom. The van der Waals surface area contributed by atoms with Crippen LogP contribution in [-0.4, -0.2) is 21.5 Å². The second-order valence-electron chi connectivity index (χ2n) is 4.35. The van der Waals surface area contributed by atoms with E-state index in [2.05, 4.69) is 26.3 Å². The van der Waals surface area contributed by atoms with Crippen LogP contribution in [0.1, 0.15) is 23.7 Å². The number of anilines is 1. The van der Waals surface area contributed by atoms with E-state index in [0.29, 0.717) is 24.2 Å². The van der Waals surface area contributed by atoms with E-state index in [-0.39, 0.29) is 11.7 Å². The molecule has 1 N–H and O–H groups in total. The van der Waals surface area contributed by atoms with E-state index >= 15 is 0 Å². The average molecular weight is 336 g/mol. The van der Waals surface area contributed by atoms with Crippen molar-refractivity contribution in [2.75, 3.05) is 5.32 Å². The summed E-state index contributed by atoms with van der Waals surface area (Å²) in [5.74, 6) is -0.0840. The van der Waals surface area contributed by atoms with Crippen LogP contribution in [0.3, 0.4) is 0 Å². The Hall–Kier alpha value is -1.95. The highest BCUT2D eigenvalue weighted by Gasteiger charge is 2.05. The highest BCUT2D eigenvalue weighted by atomic mass is 79.9. The number of rotatable bonds is 5. The molecule has 0 radical (unpaired) electrons. The molecule has 0 aliphatic rings. The Bertz CT molecular complexity index is 620. The SMILES string of the molecule is CC(=O)c1ccc(NC(=O)CCn2cc(Br)cn2)cc1. The first-order chi connectivity index (χ1) is 9.54. The van der Waals surface area contributed by atoms with Crippen molar-refractivity contribution in [3.8, 4) is 0 Å². The average Bonchev–Trinajstić information content (AvgIpc) is 2.83. The van der Waals surface area contributed by atoms with Crippen LogP contribution in [0.25, 0.3) is 0 Å². The number of amides is 1. The quantitative estimate of drug-likeness (QED) is 0.854. The zero-order chi connectivity index (χ0) is 14.5. The minimum absolute atomic E-state index is 0.00661. The number of aryl methyl sites for hydroxylation is 1. The zero-order valence-electron chi connectivity index (χ0n) is 11.0. The Morgan fingerprint density at radius 2 is 2.00 bits per heavy atom. The number of carbonyl (C=O) groups excluding carboxylic acids is 2. The second-order valence-corrected chi connectivity index (χ2v) is 5.27. The summed E-state index contributed by atoms with van der Waals surface area (Å²) in [6.45, 7) is 2.03. The lowest BCUT2D eigenvalue weighted by Crippen LogP contribution is -2.14. The van der Waals surface area contributed by atoms with E-state index in [1.165, 1.54) is 6.92 Å². The Balaban J connectivity index is 1.86. The predicted molar refractivity (Wildman–Crippen MR) is 79.6 cm³/mol. The number of hydrogen-bond donors (Lipinski definition) is 1. The van der Waals surface area contributed by atoms with Crippen molar-refractivity contribution in [1.29, 1.82) is 0 Å². The highest BCUT2D eigenvalue weighted by Crippen LogP contribution is 2.11.